The van der Waals surface area contributed by atoms with Crippen molar-refractivity contribution in [3.63, 3.8) is 0 Å². The zero-order valence-electron chi connectivity index (χ0n) is 23.3. The molecule has 1 aliphatic rings. The van der Waals surface area contributed by atoms with Crippen LogP contribution in [-0.4, -0.2) is 64.5 Å². The van der Waals surface area contributed by atoms with Crippen LogP contribution in [0.25, 0.3) is 22.2 Å². The van der Waals surface area contributed by atoms with Crippen molar-refractivity contribution in [3.8, 4) is 23.1 Å². The lowest BCUT2D eigenvalue weighted by atomic mass is 9.95. The summed E-state index contributed by atoms with van der Waals surface area (Å²) in [6.07, 6.45) is -13.5. The van der Waals surface area contributed by atoms with Crippen molar-refractivity contribution in [1.82, 2.24) is 20.3 Å². The van der Waals surface area contributed by atoms with E-state index in [0.717, 1.165) is 6.92 Å². The number of nitrogens with one attached hydrogen (secondary N) is 2. The number of carbonyl (C=O) groups is 1. The number of halogens is 8. The van der Waals surface area contributed by atoms with Crippen molar-refractivity contribution < 1.29 is 54.5 Å². The fourth-order valence-electron chi connectivity index (χ4n) is 4.31. The van der Waals surface area contributed by atoms with Gasteiger partial charge in [0, 0.05) is 25.1 Å². The Bertz CT molecular complexity index is 1600. The van der Waals surface area contributed by atoms with Crippen LogP contribution < -0.4 is 25.8 Å². The summed E-state index contributed by atoms with van der Waals surface area (Å²) in [6, 6.07) is -0.198. The summed E-state index contributed by atoms with van der Waals surface area (Å²) in [5.41, 5.74) is -2.59. The van der Waals surface area contributed by atoms with Gasteiger partial charge in [-0.05, 0) is 38.9 Å². The van der Waals surface area contributed by atoms with E-state index in [1.54, 1.807) is 0 Å². The monoisotopic (exact) mass is 638 g/mol. The van der Waals surface area contributed by atoms with Gasteiger partial charge in [0.05, 0.1) is 16.7 Å². The first-order valence-electron chi connectivity index (χ1n) is 12.9. The van der Waals surface area contributed by atoms with E-state index >= 15 is 4.39 Å². The molecule has 0 saturated carbocycles. The number of carboxylic acid groups (broad SMARTS) is 1. The molecule has 0 radical (unpaired) electrons. The second-order valence-electron chi connectivity index (χ2n) is 10.6. The van der Waals surface area contributed by atoms with Crippen LogP contribution in [0.4, 0.5) is 46.6 Å². The molecule has 5 N–H and O–H groups in total. The molecule has 240 valence electrons. The highest BCUT2D eigenvalue weighted by Gasteiger charge is 2.43. The molecule has 0 aliphatic carbocycles. The minimum Gasteiger partial charge on any atom is -0.481 e. The van der Waals surface area contributed by atoms with Crippen molar-refractivity contribution in [2.24, 2.45) is 5.41 Å². The predicted molar refractivity (Wildman–Crippen MR) is 140 cm³/mol. The van der Waals surface area contributed by atoms with E-state index in [0.29, 0.717) is 6.07 Å². The van der Waals surface area contributed by atoms with Gasteiger partial charge < -0.3 is 30.9 Å². The number of hydrogen-bond donors (Lipinski definition) is 4. The number of ether oxygens (including phenoxy) is 2. The molecule has 0 saturated heterocycles. The highest BCUT2D eigenvalue weighted by molar-refractivity contribution is 5.96. The summed E-state index contributed by atoms with van der Waals surface area (Å²) in [5.74, 6) is -5.63. The number of benzene rings is 1. The Kier molecular flexibility index (Phi) is 8.69. The lowest BCUT2D eigenvalue weighted by Gasteiger charge is -2.24. The van der Waals surface area contributed by atoms with Crippen LogP contribution in [0, 0.1) is 24.0 Å². The maximum Gasteiger partial charge on any atom is 0.425 e. The predicted octanol–water partition coefficient (Wildman–Crippen LogP) is 5.08. The summed E-state index contributed by atoms with van der Waals surface area (Å²) >= 11 is 0. The van der Waals surface area contributed by atoms with Gasteiger partial charge in [-0.25, -0.2) is 13.8 Å². The Balaban J connectivity index is 2.08. The third-order valence-corrected chi connectivity index (χ3v) is 6.73. The van der Waals surface area contributed by atoms with E-state index in [1.807, 2.05) is 0 Å². The molecule has 44 heavy (non-hydrogen) atoms. The molecule has 1 aromatic carbocycles. The average Bonchev–Trinajstić information content (AvgIpc) is 2.95. The van der Waals surface area contributed by atoms with Crippen LogP contribution in [-0.2, 0) is 11.0 Å². The molecule has 0 bridgehead atoms. The summed E-state index contributed by atoms with van der Waals surface area (Å²) in [7, 11) is 0. The quantitative estimate of drug-likeness (QED) is 0.221. The number of aliphatic carboxylic acids is 1. The first-order chi connectivity index (χ1) is 20.3. The van der Waals surface area contributed by atoms with Gasteiger partial charge in [0.25, 0.3) is 0 Å². The van der Waals surface area contributed by atoms with Gasteiger partial charge in [-0.2, -0.15) is 36.3 Å². The standard InChI is InChI=1S/C26H26F8N6O4/c1-10-15(26(32,33)34)11(8-12(35)16(10)27)18-17(28)19-14-20(40-23(39-19)43-9-24(2,3)22(41)42)37-7-6-36-5-4-13(25(29,30)31)44-21(14)38-18/h8,13,36H,4-7,9,35H2,1-3H3,(H,41,42)(H,37,39,40). The average molecular weight is 639 g/mol. The second kappa shape index (κ2) is 11.7. The van der Waals surface area contributed by atoms with Gasteiger partial charge in [-0.15, -0.1) is 0 Å². The molecule has 1 unspecified atom stereocenters. The number of rotatable bonds is 5. The minimum absolute atomic E-state index is 0.0115. The molecule has 3 heterocycles. The van der Waals surface area contributed by atoms with Crippen LogP contribution in [0.3, 0.4) is 0 Å². The molecule has 0 fully saturated rings. The topological polar surface area (TPSA) is 145 Å². The second-order valence-corrected chi connectivity index (χ2v) is 10.6. The van der Waals surface area contributed by atoms with Crippen molar-refractivity contribution >= 4 is 28.4 Å². The first kappa shape index (κ1) is 32.7. The molecule has 3 aromatic rings. The molecule has 10 nitrogen and oxygen atoms in total. The van der Waals surface area contributed by atoms with Crippen molar-refractivity contribution in [3.05, 3.63) is 28.8 Å². The molecule has 18 heteroatoms. The Morgan fingerprint density at radius 1 is 1.09 bits per heavy atom. The number of nitrogens with zero attached hydrogens (tertiary/aromatic N) is 3. The van der Waals surface area contributed by atoms with Crippen LogP contribution >= 0.6 is 0 Å². The third kappa shape index (κ3) is 6.48. The zero-order chi connectivity index (χ0) is 32.8. The summed E-state index contributed by atoms with van der Waals surface area (Å²) < 4.78 is 126. The van der Waals surface area contributed by atoms with E-state index in [1.165, 1.54) is 13.8 Å². The van der Waals surface area contributed by atoms with Gasteiger partial charge >= 0.3 is 24.3 Å². The maximum atomic E-state index is 16.3. The lowest BCUT2D eigenvalue weighted by molar-refractivity contribution is -0.196. The lowest BCUT2D eigenvalue weighted by Crippen LogP contribution is -2.37. The molecule has 0 amide bonds. The summed E-state index contributed by atoms with van der Waals surface area (Å²) in [5, 5.41) is 14.3. The van der Waals surface area contributed by atoms with Gasteiger partial charge in [0.1, 0.15) is 34.8 Å². The molecule has 0 spiro atoms. The highest BCUT2D eigenvalue weighted by Crippen LogP contribution is 2.45. The number of alkyl halides is 6. The van der Waals surface area contributed by atoms with Crippen LogP contribution in [0.5, 0.6) is 11.9 Å². The van der Waals surface area contributed by atoms with Crippen molar-refractivity contribution in [1.29, 1.82) is 0 Å². The van der Waals surface area contributed by atoms with E-state index in [4.69, 9.17) is 15.2 Å². The van der Waals surface area contributed by atoms with E-state index < -0.39 is 105 Å². The van der Waals surface area contributed by atoms with Gasteiger partial charge in [0.2, 0.25) is 5.88 Å². The Morgan fingerprint density at radius 2 is 1.77 bits per heavy atom. The third-order valence-electron chi connectivity index (χ3n) is 6.73. The highest BCUT2D eigenvalue weighted by atomic mass is 19.4. The smallest absolute Gasteiger partial charge is 0.425 e. The fourth-order valence-corrected chi connectivity index (χ4v) is 4.31. The van der Waals surface area contributed by atoms with Gasteiger partial charge in [-0.3, -0.25) is 4.79 Å². The normalized spacial score (nSPS) is 16.6. The Labute approximate surface area is 244 Å². The number of hydrogen-bond acceptors (Lipinski definition) is 9. The minimum atomic E-state index is -5.29. The number of nitrogens with two attached hydrogens (primary N) is 1. The van der Waals surface area contributed by atoms with Crippen molar-refractivity contribution in [2.45, 2.75) is 45.6 Å². The number of aromatic nitrogens is 3. The molecule has 1 atom stereocenters. The summed E-state index contributed by atoms with van der Waals surface area (Å²) in [4.78, 5) is 23.2. The zero-order valence-corrected chi connectivity index (χ0v) is 23.3. The molecule has 4 rings (SSSR count). The van der Waals surface area contributed by atoms with Crippen LogP contribution in [0.15, 0.2) is 6.07 Å². The summed E-state index contributed by atoms with van der Waals surface area (Å²) in [6.45, 7) is 2.69. The Morgan fingerprint density at radius 3 is 2.39 bits per heavy atom. The molecule has 2 aromatic heterocycles. The SMILES string of the molecule is Cc1c(F)c(N)cc(-c2nc3c4c(nc(OCC(C)(C)C(=O)O)nc4c2F)NCCNCCC(C(F)(F)F)O3)c1C(F)(F)F. The van der Waals surface area contributed by atoms with E-state index in [-0.39, 0.29) is 25.5 Å². The molecular formula is C26H26F8N6O4. The first-order valence-corrected chi connectivity index (χ1v) is 12.9. The fraction of sp³-hybridized carbons (Fsp3) is 0.462. The Hall–Kier alpha value is -4.22. The van der Waals surface area contributed by atoms with E-state index in [2.05, 4.69) is 25.6 Å². The van der Waals surface area contributed by atoms with Gasteiger partial charge in [-0.1, -0.05) is 0 Å². The van der Waals surface area contributed by atoms with Crippen molar-refractivity contribution in [2.75, 3.05) is 37.3 Å². The number of carboxylic acids is 1. The van der Waals surface area contributed by atoms with Crippen LogP contribution in [0.2, 0.25) is 0 Å². The number of nitrogen functional groups attached to an aromatic ring is 1. The van der Waals surface area contributed by atoms with Gasteiger partial charge in [0.15, 0.2) is 11.9 Å². The largest absolute Gasteiger partial charge is 0.481 e. The van der Waals surface area contributed by atoms with Crippen LogP contribution in [0.1, 0.15) is 31.4 Å². The maximum absolute atomic E-state index is 16.3. The number of pyridine rings is 1. The molecular weight excluding hydrogens is 612 g/mol. The molecule has 1 aliphatic heterocycles. The number of anilines is 2. The van der Waals surface area contributed by atoms with E-state index in [9.17, 15) is 40.6 Å².